The van der Waals surface area contributed by atoms with Crippen LogP contribution in [0.4, 0.5) is 5.69 Å². The quantitative estimate of drug-likeness (QED) is 0.826. The van der Waals surface area contributed by atoms with Gasteiger partial charge in [-0.3, -0.25) is 9.59 Å². The number of hydrogen-bond acceptors (Lipinski definition) is 4. The molecule has 0 unspecified atom stereocenters. The molecule has 2 aromatic rings. The second kappa shape index (κ2) is 8.31. The Balaban J connectivity index is 1.68. The summed E-state index contributed by atoms with van der Waals surface area (Å²) in [5.74, 6) is 0.456. The molecule has 1 aliphatic rings. The van der Waals surface area contributed by atoms with E-state index in [9.17, 15) is 9.59 Å². The van der Waals surface area contributed by atoms with Gasteiger partial charge in [0.15, 0.2) is 0 Å². The minimum atomic E-state index is -0.424. The lowest BCUT2D eigenvalue weighted by molar-refractivity contribution is -0.126. The normalized spacial score (nSPS) is 16.3. The molecule has 1 saturated heterocycles. The van der Waals surface area contributed by atoms with E-state index in [4.69, 9.17) is 21.1 Å². The van der Waals surface area contributed by atoms with Crippen molar-refractivity contribution >= 4 is 29.1 Å². The molecule has 0 aliphatic carbocycles. The van der Waals surface area contributed by atoms with Crippen LogP contribution in [0.3, 0.4) is 0 Å². The molecule has 0 bridgehead atoms. The molecule has 2 amide bonds. The summed E-state index contributed by atoms with van der Waals surface area (Å²) in [4.78, 5) is 26.6. The lowest BCUT2D eigenvalue weighted by Gasteiger charge is -2.20. The van der Waals surface area contributed by atoms with Crippen molar-refractivity contribution < 1.29 is 19.1 Å². The minimum absolute atomic E-state index is 0.114. The first-order valence-corrected chi connectivity index (χ1v) is 8.94. The molecule has 1 fully saturated rings. The van der Waals surface area contributed by atoms with Crippen LogP contribution < -0.4 is 19.7 Å². The molecule has 0 spiro atoms. The molecular weight excluding hydrogens is 368 g/mol. The summed E-state index contributed by atoms with van der Waals surface area (Å²) >= 11 is 6.11. The first-order valence-electron chi connectivity index (χ1n) is 8.57. The standard InChI is InChI=1S/C20H21ClN2O4/c1-26-15-7-8-17(18(10-15)27-2)23-12-14(9-19(23)24)20(25)22-11-13-5-3-4-6-16(13)21/h3-8,10,14H,9,11-12H2,1-2H3,(H,22,25)/t14-/m0/s1. The molecule has 0 saturated carbocycles. The van der Waals surface area contributed by atoms with Crippen molar-refractivity contribution in [3.63, 3.8) is 0 Å². The largest absolute Gasteiger partial charge is 0.497 e. The second-order valence-electron chi connectivity index (χ2n) is 6.25. The first kappa shape index (κ1) is 19.0. The summed E-state index contributed by atoms with van der Waals surface area (Å²) in [7, 11) is 3.10. The van der Waals surface area contributed by atoms with E-state index in [1.54, 1.807) is 36.3 Å². The fraction of sp³-hybridized carbons (Fsp3) is 0.300. The van der Waals surface area contributed by atoms with Crippen LogP contribution in [-0.2, 0) is 16.1 Å². The van der Waals surface area contributed by atoms with Gasteiger partial charge in [-0.1, -0.05) is 29.8 Å². The number of halogens is 1. The molecule has 27 heavy (non-hydrogen) atoms. The molecule has 1 heterocycles. The third kappa shape index (κ3) is 4.17. The number of nitrogens with one attached hydrogen (secondary N) is 1. The van der Waals surface area contributed by atoms with Gasteiger partial charge in [-0.05, 0) is 23.8 Å². The summed E-state index contributed by atoms with van der Waals surface area (Å²) in [5.41, 5.74) is 1.47. The Morgan fingerprint density at radius 3 is 2.70 bits per heavy atom. The van der Waals surface area contributed by atoms with Gasteiger partial charge in [0, 0.05) is 30.6 Å². The maximum atomic E-state index is 12.5. The topological polar surface area (TPSA) is 67.9 Å². The lowest BCUT2D eigenvalue weighted by Crippen LogP contribution is -2.32. The molecule has 7 heteroatoms. The van der Waals surface area contributed by atoms with E-state index in [1.165, 1.54) is 7.11 Å². The number of rotatable bonds is 6. The first-order chi connectivity index (χ1) is 13.0. The number of benzene rings is 2. The molecule has 1 aliphatic heterocycles. The highest BCUT2D eigenvalue weighted by molar-refractivity contribution is 6.31. The fourth-order valence-corrected chi connectivity index (χ4v) is 3.29. The maximum Gasteiger partial charge on any atom is 0.227 e. The number of amides is 2. The molecule has 6 nitrogen and oxygen atoms in total. The van der Waals surface area contributed by atoms with E-state index < -0.39 is 5.92 Å². The Morgan fingerprint density at radius 1 is 1.22 bits per heavy atom. The number of hydrogen-bond donors (Lipinski definition) is 1. The van der Waals surface area contributed by atoms with Crippen molar-refractivity contribution in [2.75, 3.05) is 25.7 Å². The van der Waals surface area contributed by atoms with Crippen molar-refractivity contribution in [2.45, 2.75) is 13.0 Å². The highest BCUT2D eigenvalue weighted by Crippen LogP contribution is 2.35. The van der Waals surface area contributed by atoms with Crippen LogP contribution in [0.2, 0.25) is 5.02 Å². The van der Waals surface area contributed by atoms with Crippen molar-refractivity contribution in [3.05, 3.63) is 53.1 Å². The van der Waals surface area contributed by atoms with Crippen LogP contribution in [0.15, 0.2) is 42.5 Å². The zero-order valence-corrected chi connectivity index (χ0v) is 16.0. The maximum absolute atomic E-state index is 12.5. The summed E-state index contributed by atoms with van der Waals surface area (Å²) in [6.07, 6.45) is 0.156. The molecule has 2 aromatic carbocycles. The number of ether oxygens (including phenoxy) is 2. The van der Waals surface area contributed by atoms with Crippen LogP contribution in [0.25, 0.3) is 0 Å². The number of anilines is 1. The summed E-state index contributed by atoms with van der Waals surface area (Å²) in [6, 6.07) is 12.6. The smallest absolute Gasteiger partial charge is 0.227 e. The second-order valence-corrected chi connectivity index (χ2v) is 6.66. The molecular formula is C20H21ClN2O4. The van der Waals surface area contributed by atoms with E-state index in [-0.39, 0.29) is 18.2 Å². The van der Waals surface area contributed by atoms with Gasteiger partial charge in [0.25, 0.3) is 0 Å². The monoisotopic (exact) mass is 388 g/mol. The van der Waals surface area contributed by atoms with Crippen LogP contribution in [0, 0.1) is 5.92 Å². The predicted molar refractivity (Wildman–Crippen MR) is 103 cm³/mol. The Bertz CT molecular complexity index is 856. The molecule has 142 valence electrons. The summed E-state index contributed by atoms with van der Waals surface area (Å²) < 4.78 is 10.6. The van der Waals surface area contributed by atoms with Gasteiger partial charge in [-0.15, -0.1) is 0 Å². The van der Waals surface area contributed by atoms with E-state index >= 15 is 0 Å². The van der Waals surface area contributed by atoms with Gasteiger partial charge in [-0.2, -0.15) is 0 Å². The Kier molecular flexibility index (Phi) is 5.86. The van der Waals surface area contributed by atoms with Crippen molar-refractivity contribution in [1.82, 2.24) is 5.32 Å². The molecule has 1 atom stereocenters. The summed E-state index contributed by atoms with van der Waals surface area (Å²) in [5, 5.41) is 3.47. The average Bonchev–Trinajstić information content (AvgIpc) is 3.08. The van der Waals surface area contributed by atoms with Gasteiger partial charge in [-0.25, -0.2) is 0 Å². The zero-order chi connectivity index (χ0) is 19.4. The number of carbonyl (C=O) groups excluding carboxylic acids is 2. The predicted octanol–water partition coefficient (Wildman–Crippen LogP) is 3.03. The van der Waals surface area contributed by atoms with Crippen molar-refractivity contribution in [3.8, 4) is 11.5 Å². The van der Waals surface area contributed by atoms with Crippen LogP contribution in [0.1, 0.15) is 12.0 Å². The average molecular weight is 389 g/mol. The molecule has 0 aromatic heterocycles. The lowest BCUT2D eigenvalue weighted by atomic mass is 10.1. The SMILES string of the molecule is COc1ccc(N2C[C@@H](C(=O)NCc3ccccc3Cl)CC2=O)c(OC)c1. The van der Waals surface area contributed by atoms with Crippen LogP contribution >= 0.6 is 11.6 Å². The third-order valence-electron chi connectivity index (χ3n) is 4.58. The number of nitrogens with zero attached hydrogens (tertiary/aromatic N) is 1. The van der Waals surface area contributed by atoms with Gasteiger partial charge >= 0.3 is 0 Å². The van der Waals surface area contributed by atoms with Crippen molar-refractivity contribution in [1.29, 1.82) is 0 Å². The third-order valence-corrected chi connectivity index (χ3v) is 4.95. The Hall–Kier alpha value is -2.73. The van der Waals surface area contributed by atoms with Crippen molar-refractivity contribution in [2.24, 2.45) is 5.92 Å². The molecule has 3 rings (SSSR count). The number of methoxy groups -OCH3 is 2. The van der Waals surface area contributed by atoms with Gasteiger partial charge < -0.3 is 19.7 Å². The van der Waals surface area contributed by atoms with E-state index in [0.717, 1.165) is 5.56 Å². The van der Waals surface area contributed by atoms with Crippen LogP contribution in [-0.4, -0.2) is 32.6 Å². The van der Waals surface area contributed by atoms with E-state index in [1.807, 2.05) is 18.2 Å². The van der Waals surface area contributed by atoms with Crippen LogP contribution in [0.5, 0.6) is 11.5 Å². The van der Waals surface area contributed by atoms with Gasteiger partial charge in [0.05, 0.1) is 25.8 Å². The zero-order valence-electron chi connectivity index (χ0n) is 15.2. The van der Waals surface area contributed by atoms with E-state index in [2.05, 4.69) is 5.32 Å². The molecule has 0 radical (unpaired) electrons. The Labute approximate surface area is 163 Å². The van der Waals surface area contributed by atoms with E-state index in [0.29, 0.717) is 35.3 Å². The highest BCUT2D eigenvalue weighted by atomic mass is 35.5. The minimum Gasteiger partial charge on any atom is -0.497 e. The number of carbonyl (C=O) groups is 2. The van der Waals surface area contributed by atoms with Gasteiger partial charge in [0.2, 0.25) is 11.8 Å². The summed E-state index contributed by atoms with van der Waals surface area (Å²) in [6.45, 7) is 0.630. The van der Waals surface area contributed by atoms with Gasteiger partial charge in [0.1, 0.15) is 11.5 Å². The fourth-order valence-electron chi connectivity index (χ4n) is 3.09. The Morgan fingerprint density at radius 2 is 2.00 bits per heavy atom. The highest BCUT2D eigenvalue weighted by Gasteiger charge is 2.36. The molecule has 1 N–H and O–H groups in total.